The van der Waals surface area contributed by atoms with Crippen molar-refractivity contribution < 1.29 is 8.42 Å². The maximum absolute atomic E-state index is 13.0. The van der Waals surface area contributed by atoms with Crippen molar-refractivity contribution in [1.29, 1.82) is 0 Å². The minimum atomic E-state index is -3.42. The van der Waals surface area contributed by atoms with Crippen LogP contribution >= 0.6 is 11.6 Å². The van der Waals surface area contributed by atoms with Crippen LogP contribution in [0.15, 0.2) is 36.4 Å². The molecule has 1 aliphatic heterocycles. The molecule has 7 heteroatoms. The standard InChI is InChI=1S/C22H30ClN3O2S/c1-4-25(5-2)29(27,28)26-12-8-10-20(16-26)22-15-18(13-17(3)24-22)14-19-9-6-7-11-21(19)23/h6-7,9,11,13,15,20H,4-5,8,10,12,14,16H2,1-3H3/t20-/m1/s1. The second kappa shape index (κ2) is 9.56. The molecular weight excluding hydrogens is 406 g/mol. The Labute approximate surface area is 179 Å². The summed E-state index contributed by atoms with van der Waals surface area (Å²) < 4.78 is 29.1. The molecule has 0 saturated carbocycles. The fourth-order valence-electron chi connectivity index (χ4n) is 4.05. The van der Waals surface area contributed by atoms with E-state index in [0.29, 0.717) is 26.2 Å². The number of aryl methyl sites for hydroxylation is 1. The van der Waals surface area contributed by atoms with Crippen molar-refractivity contribution in [1.82, 2.24) is 13.6 Å². The second-order valence-corrected chi connectivity index (χ2v) is 9.93. The maximum atomic E-state index is 13.0. The molecule has 1 atom stereocenters. The molecule has 0 unspecified atom stereocenters. The fourth-order valence-corrected chi connectivity index (χ4v) is 5.96. The van der Waals surface area contributed by atoms with Crippen LogP contribution in [0.1, 0.15) is 55.1 Å². The van der Waals surface area contributed by atoms with Crippen molar-refractivity contribution in [2.75, 3.05) is 26.2 Å². The molecule has 1 saturated heterocycles. The first-order chi connectivity index (χ1) is 13.8. The summed E-state index contributed by atoms with van der Waals surface area (Å²) in [7, 11) is -3.42. The summed E-state index contributed by atoms with van der Waals surface area (Å²) in [5, 5.41) is 0.762. The Morgan fingerprint density at radius 2 is 1.93 bits per heavy atom. The molecule has 1 aromatic carbocycles. The summed E-state index contributed by atoms with van der Waals surface area (Å²) in [6.45, 7) is 7.80. The molecule has 0 bridgehead atoms. The first kappa shape index (κ1) is 22.2. The van der Waals surface area contributed by atoms with E-state index in [2.05, 4.69) is 12.1 Å². The van der Waals surface area contributed by atoms with Gasteiger partial charge in [0.1, 0.15) is 0 Å². The van der Waals surface area contributed by atoms with E-state index in [0.717, 1.165) is 46.8 Å². The first-order valence-corrected chi connectivity index (χ1v) is 12.1. The highest BCUT2D eigenvalue weighted by molar-refractivity contribution is 7.86. The zero-order valence-electron chi connectivity index (χ0n) is 17.4. The lowest BCUT2D eigenvalue weighted by atomic mass is 9.93. The Hall–Kier alpha value is -1.47. The Balaban J connectivity index is 1.83. The fraction of sp³-hybridized carbons (Fsp3) is 0.500. The monoisotopic (exact) mass is 435 g/mol. The van der Waals surface area contributed by atoms with Gasteiger partial charge in [0, 0.05) is 48.5 Å². The van der Waals surface area contributed by atoms with E-state index in [9.17, 15) is 8.42 Å². The van der Waals surface area contributed by atoms with Gasteiger partial charge in [0.15, 0.2) is 0 Å². The van der Waals surface area contributed by atoms with E-state index in [-0.39, 0.29) is 5.92 Å². The van der Waals surface area contributed by atoms with E-state index >= 15 is 0 Å². The van der Waals surface area contributed by atoms with Crippen LogP contribution in [0.4, 0.5) is 0 Å². The summed E-state index contributed by atoms with van der Waals surface area (Å²) in [4.78, 5) is 4.76. The number of aromatic nitrogens is 1. The predicted molar refractivity (Wildman–Crippen MR) is 119 cm³/mol. The van der Waals surface area contributed by atoms with Crippen LogP contribution in [0, 0.1) is 6.92 Å². The smallest absolute Gasteiger partial charge is 0.258 e. The first-order valence-electron chi connectivity index (χ1n) is 10.3. The van der Waals surface area contributed by atoms with Gasteiger partial charge in [-0.1, -0.05) is 43.6 Å². The van der Waals surface area contributed by atoms with Crippen LogP contribution in [0.3, 0.4) is 0 Å². The molecule has 1 aromatic heterocycles. The molecule has 1 aliphatic rings. The normalized spacial score (nSPS) is 18.3. The summed E-state index contributed by atoms with van der Waals surface area (Å²) in [6.07, 6.45) is 2.54. The highest BCUT2D eigenvalue weighted by atomic mass is 35.5. The third-order valence-electron chi connectivity index (χ3n) is 5.55. The van der Waals surface area contributed by atoms with Crippen LogP contribution in [-0.4, -0.2) is 48.2 Å². The number of hydrogen-bond acceptors (Lipinski definition) is 3. The third kappa shape index (κ3) is 5.18. The Bertz CT molecular complexity index is 945. The van der Waals surface area contributed by atoms with Crippen molar-refractivity contribution in [3.63, 3.8) is 0 Å². The van der Waals surface area contributed by atoms with Crippen LogP contribution in [-0.2, 0) is 16.6 Å². The molecule has 0 spiro atoms. The maximum Gasteiger partial charge on any atom is 0.281 e. The molecule has 0 radical (unpaired) electrons. The molecule has 29 heavy (non-hydrogen) atoms. The van der Waals surface area contributed by atoms with Gasteiger partial charge in [-0.05, 0) is 55.5 Å². The third-order valence-corrected chi connectivity index (χ3v) is 8.07. The Morgan fingerprint density at radius 1 is 1.21 bits per heavy atom. The van der Waals surface area contributed by atoms with Crippen molar-refractivity contribution >= 4 is 21.8 Å². The van der Waals surface area contributed by atoms with Gasteiger partial charge < -0.3 is 0 Å². The van der Waals surface area contributed by atoms with Gasteiger partial charge in [0.05, 0.1) is 0 Å². The van der Waals surface area contributed by atoms with Gasteiger partial charge in [-0.2, -0.15) is 17.0 Å². The molecule has 0 amide bonds. The number of benzene rings is 1. The molecule has 3 rings (SSSR count). The van der Waals surface area contributed by atoms with E-state index in [4.69, 9.17) is 16.6 Å². The summed E-state index contributed by atoms with van der Waals surface area (Å²) in [5.74, 6) is 0.110. The minimum Gasteiger partial charge on any atom is -0.258 e. The number of pyridine rings is 1. The molecule has 0 N–H and O–H groups in total. The number of rotatable bonds is 7. The van der Waals surface area contributed by atoms with Crippen LogP contribution in [0.2, 0.25) is 5.02 Å². The van der Waals surface area contributed by atoms with Gasteiger partial charge in [0.2, 0.25) is 0 Å². The highest BCUT2D eigenvalue weighted by Crippen LogP contribution is 2.30. The lowest BCUT2D eigenvalue weighted by molar-refractivity contribution is 0.285. The average Bonchev–Trinajstić information content (AvgIpc) is 2.70. The lowest BCUT2D eigenvalue weighted by Gasteiger charge is -2.35. The van der Waals surface area contributed by atoms with Crippen molar-refractivity contribution in [3.8, 4) is 0 Å². The van der Waals surface area contributed by atoms with Crippen molar-refractivity contribution in [3.05, 3.63) is 63.9 Å². The summed E-state index contributed by atoms with van der Waals surface area (Å²) >= 11 is 6.34. The molecule has 1 fully saturated rings. The SMILES string of the molecule is CCN(CC)S(=O)(=O)N1CCC[C@@H](c2cc(Cc3ccccc3Cl)cc(C)n2)C1. The summed E-state index contributed by atoms with van der Waals surface area (Å²) in [6, 6.07) is 12.1. The van der Waals surface area contributed by atoms with Crippen LogP contribution in [0.25, 0.3) is 0 Å². The van der Waals surface area contributed by atoms with E-state index in [1.54, 1.807) is 4.31 Å². The quantitative estimate of drug-likeness (QED) is 0.647. The topological polar surface area (TPSA) is 53.5 Å². The van der Waals surface area contributed by atoms with Crippen molar-refractivity contribution in [2.45, 2.75) is 46.0 Å². The molecule has 5 nitrogen and oxygen atoms in total. The molecular formula is C22H30ClN3O2S. The predicted octanol–water partition coefficient (Wildman–Crippen LogP) is 4.40. The number of halogens is 1. The van der Waals surface area contributed by atoms with E-state index in [1.165, 1.54) is 4.31 Å². The van der Waals surface area contributed by atoms with Gasteiger partial charge in [-0.15, -0.1) is 0 Å². The van der Waals surface area contributed by atoms with Gasteiger partial charge >= 0.3 is 0 Å². The Kier molecular flexibility index (Phi) is 7.32. The number of hydrogen-bond donors (Lipinski definition) is 0. The number of nitrogens with zero attached hydrogens (tertiary/aromatic N) is 3. The average molecular weight is 436 g/mol. The molecule has 0 aliphatic carbocycles. The largest absolute Gasteiger partial charge is 0.281 e. The zero-order valence-corrected chi connectivity index (χ0v) is 19.0. The lowest BCUT2D eigenvalue weighted by Crippen LogP contribution is -2.47. The van der Waals surface area contributed by atoms with Crippen molar-refractivity contribution in [2.24, 2.45) is 0 Å². The molecule has 2 heterocycles. The Morgan fingerprint density at radius 3 is 2.62 bits per heavy atom. The summed E-state index contributed by atoms with van der Waals surface area (Å²) in [5.41, 5.74) is 4.17. The number of piperidine rings is 1. The highest BCUT2D eigenvalue weighted by Gasteiger charge is 2.33. The van der Waals surface area contributed by atoms with Gasteiger partial charge in [-0.25, -0.2) is 0 Å². The van der Waals surface area contributed by atoms with Gasteiger partial charge in [-0.3, -0.25) is 4.98 Å². The van der Waals surface area contributed by atoms with E-state index < -0.39 is 10.2 Å². The zero-order chi connectivity index (χ0) is 21.0. The molecule has 2 aromatic rings. The minimum absolute atomic E-state index is 0.110. The molecule has 158 valence electrons. The van der Waals surface area contributed by atoms with Crippen LogP contribution < -0.4 is 0 Å². The van der Waals surface area contributed by atoms with Crippen LogP contribution in [0.5, 0.6) is 0 Å². The second-order valence-electron chi connectivity index (χ2n) is 7.60. The van der Waals surface area contributed by atoms with E-state index in [1.807, 2.05) is 45.0 Å². The van der Waals surface area contributed by atoms with Gasteiger partial charge in [0.25, 0.3) is 10.2 Å².